The number of hydrogen-bond acceptors (Lipinski definition) is 9. The fourth-order valence-corrected chi connectivity index (χ4v) is 5.76. The van der Waals surface area contributed by atoms with Gasteiger partial charge < -0.3 is 21.7 Å². The van der Waals surface area contributed by atoms with E-state index in [2.05, 4.69) is 44.5 Å². The molecule has 0 unspecified atom stereocenters. The first-order valence-electron chi connectivity index (χ1n) is 10.9. The lowest BCUT2D eigenvalue weighted by Gasteiger charge is -2.42. The largest absolute Gasteiger partial charge is 0.381 e. The summed E-state index contributed by atoms with van der Waals surface area (Å²) in [6.45, 7) is 3.80. The molecule has 5 rings (SSSR count). The number of benzene rings is 1. The second-order valence-electron chi connectivity index (χ2n) is 8.60. The maximum atomic E-state index is 6.72. The van der Waals surface area contributed by atoms with Gasteiger partial charge in [-0.05, 0) is 60.6 Å². The molecule has 0 amide bonds. The number of nitrogens with one attached hydrogen (secondary N) is 1. The van der Waals surface area contributed by atoms with Gasteiger partial charge in [0.2, 0.25) is 5.95 Å². The molecule has 3 heterocycles. The SMILES string of the molecule is CNc1nccc(Sc2nc(C)c(N3CCC4(CC3)Cc3ccccc3[C@H]4N)nc2N)n1. The smallest absolute Gasteiger partial charge is 0.223 e. The highest BCUT2D eigenvalue weighted by atomic mass is 32.2. The normalized spacial score (nSPS) is 19.2. The van der Waals surface area contributed by atoms with E-state index in [4.69, 9.17) is 21.4 Å². The Morgan fingerprint density at radius 3 is 2.66 bits per heavy atom. The standard InChI is InChI=1S/C23H28N8S/c1-14-20(30-19(25)21(28-14)32-17-7-10-27-22(26-2)29-17)31-11-8-23(9-12-31)13-15-5-3-4-6-16(15)18(23)24/h3-7,10,18H,8-9,11-13,24H2,1-2H3,(H2,25,30)(H,26,27,29)/t18-/m1/s1. The van der Waals surface area contributed by atoms with Gasteiger partial charge in [0, 0.05) is 32.4 Å². The van der Waals surface area contributed by atoms with E-state index in [0.29, 0.717) is 16.8 Å². The van der Waals surface area contributed by atoms with Gasteiger partial charge in [0.05, 0.1) is 5.69 Å². The van der Waals surface area contributed by atoms with Crippen LogP contribution in [-0.4, -0.2) is 40.1 Å². The summed E-state index contributed by atoms with van der Waals surface area (Å²) >= 11 is 1.40. The topological polar surface area (TPSA) is 119 Å². The Morgan fingerprint density at radius 2 is 1.91 bits per heavy atom. The Hall–Kier alpha value is -2.91. The van der Waals surface area contributed by atoms with E-state index in [-0.39, 0.29) is 11.5 Å². The van der Waals surface area contributed by atoms with E-state index in [9.17, 15) is 0 Å². The minimum absolute atomic E-state index is 0.104. The van der Waals surface area contributed by atoms with Crippen molar-refractivity contribution in [1.82, 2.24) is 19.9 Å². The van der Waals surface area contributed by atoms with Gasteiger partial charge in [-0.25, -0.2) is 19.9 Å². The highest BCUT2D eigenvalue weighted by Crippen LogP contribution is 2.51. The van der Waals surface area contributed by atoms with Crippen molar-refractivity contribution in [3.05, 3.63) is 53.3 Å². The van der Waals surface area contributed by atoms with Gasteiger partial charge in [-0.15, -0.1) is 0 Å². The number of aromatic nitrogens is 4. The van der Waals surface area contributed by atoms with Crippen molar-refractivity contribution in [2.24, 2.45) is 11.1 Å². The Labute approximate surface area is 192 Å². The third kappa shape index (κ3) is 3.65. The highest BCUT2D eigenvalue weighted by Gasteiger charge is 2.46. The Morgan fingerprint density at radius 1 is 1.12 bits per heavy atom. The number of nitrogen functional groups attached to an aromatic ring is 1. The third-order valence-corrected chi connectivity index (χ3v) is 7.67. The van der Waals surface area contributed by atoms with Crippen LogP contribution in [0.5, 0.6) is 0 Å². The van der Waals surface area contributed by atoms with Crippen LogP contribution in [0, 0.1) is 12.3 Å². The predicted molar refractivity (Wildman–Crippen MR) is 128 cm³/mol. The van der Waals surface area contributed by atoms with Crippen LogP contribution in [-0.2, 0) is 6.42 Å². The molecule has 1 aliphatic carbocycles. The van der Waals surface area contributed by atoms with Gasteiger partial charge >= 0.3 is 0 Å². The van der Waals surface area contributed by atoms with Crippen LogP contribution in [0.3, 0.4) is 0 Å². The van der Waals surface area contributed by atoms with Gasteiger partial charge in [0.1, 0.15) is 10.1 Å². The van der Waals surface area contributed by atoms with Crippen molar-refractivity contribution >= 4 is 29.3 Å². The number of nitrogens with zero attached hydrogens (tertiary/aromatic N) is 5. The molecule has 5 N–H and O–H groups in total. The van der Waals surface area contributed by atoms with Gasteiger partial charge in [-0.3, -0.25) is 0 Å². The lowest BCUT2D eigenvalue weighted by atomic mass is 9.73. The van der Waals surface area contributed by atoms with Crippen LogP contribution in [0.2, 0.25) is 0 Å². The van der Waals surface area contributed by atoms with E-state index in [1.807, 2.05) is 13.0 Å². The van der Waals surface area contributed by atoms with Gasteiger partial charge in [0.15, 0.2) is 11.6 Å². The maximum absolute atomic E-state index is 6.72. The summed E-state index contributed by atoms with van der Waals surface area (Å²) in [5.41, 5.74) is 16.8. The Kier molecular flexibility index (Phi) is 5.38. The van der Waals surface area contributed by atoms with E-state index < -0.39 is 0 Å². The van der Waals surface area contributed by atoms with E-state index in [1.54, 1.807) is 13.2 Å². The quantitative estimate of drug-likeness (QED) is 0.517. The average molecular weight is 449 g/mol. The number of aryl methyl sites for hydroxylation is 1. The fourth-order valence-electron chi connectivity index (χ4n) is 4.96. The van der Waals surface area contributed by atoms with Crippen LogP contribution in [0.15, 0.2) is 46.6 Å². The summed E-state index contributed by atoms with van der Waals surface area (Å²) in [4.78, 5) is 20.4. The molecule has 9 heteroatoms. The molecule has 1 saturated heterocycles. The molecule has 3 aromatic rings. The Balaban J connectivity index is 1.32. The minimum Gasteiger partial charge on any atom is -0.381 e. The molecule has 2 aromatic heterocycles. The summed E-state index contributed by atoms with van der Waals surface area (Å²) in [5, 5.41) is 4.37. The monoisotopic (exact) mass is 448 g/mol. The second kappa shape index (κ2) is 8.22. The summed E-state index contributed by atoms with van der Waals surface area (Å²) in [6, 6.07) is 10.6. The fraction of sp³-hybridized carbons (Fsp3) is 0.391. The molecular formula is C23H28N8S. The molecule has 1 aliphatic heterocycles. The lowest BCUT2D eigenvalue weighted by molar-refractivity contribution is 0.187. The summed E-state index contributed by atoms with van der Waals surface area (Å²) in [7, 11) is 1.79. The number of anilines is 3. The van der Waals surface area contributed by atoms with E-state index >= 15 is 0 Å². The first-order valence-corrected chi connectivity index (χ1v) is 11.7. The summed E-state index contributed by atoms with van der Waals surface area (Å²) < 4.78 is 0. The molecule has 1 atom stereocenters. The van der Waals surface area contributed by atoms with E-state index in [1.165, 1.54) is 22.9 Å². The first kappa shape index (κ1) is 21.0. The molecule has 32 heavy (non-hydrogen) atoms. The van der Waals surface area contributed by atoms with Crippen molar-refractivity contribution < 1.29 is 0 Å². The molecule has 0 saturated carbocycles. The van der Waals surface area contributed by atoms with Crippen molar-refractivity contribution in [1.29, 1.82) is 0 Å². The number of fused-ring (bicyclic) bond motifs is 1. The molecule has 1 fully saturated rings. The van der Waals surface area contributed by atoms with Crippen LogP contribution in [0.25, 0.3) is 0 Å². The second-order valence-corrected chi connectivity index (χ2v) is 9.61. The zero-order chi connectivity index (χ0) is 22.3. The Bertz CT molecular complexity index is 1140. The third-order valence-electron chi connectivity index (χ3n) is 6.74. The molecule has 0 radical (unpaired) electrons. The predicted octanol–water partition coefficient (Wildman–Crippen LogP) is 3.19. The van der Waals surface area contributed by atoms with E-state index in [0.717, 1.165) is 48.9 Å². The minimum atomic E-state index is 0.104. The number of rotatable bonds is 4. The zero-order valence-corrected chi connectivity index (χ0v) is 19.2. The van der Waals surface area contributed by atoms with Gasteiger partial charge in [0.25, 0.3) is 0 Å². The van der Waals surface area contributed by atoms with Crippen LogP contribution < -0.4 is 21.7 Å². The lowest BCUT2D eigenvalue weighted by Crippen LogP contribution is -2.45. The maximum Gasteiger partial charge on any atom is 0.223 e. The van der Waals surface area contributed by atoms with Crippen molar-refractivity contribution in [2.45, 2.75) is 42.3 Å². The average Bonchev–Trinajstić information content (AvgIpc) is 3.08. The van der Waals surface area contributed by atoms with Crippen LogP contribution in [0.4, 0.5) is 17.6 Å². The molecule has 166 valence electrons. The van der Waals surface area contributed by atoms with Gasteiger partial charge in [-0.2, -0.15) is 0 Å². The van der Waals surface area contributed by atoms with Crippen molar-refractivity contribution in [2.75, 3.05) is 36.1 Å². The zero-order valence-electron chi connectivity index (χ0n) is 18.4. The molecule has 1 spiro atoms. The number of hydrogen-bond donors (Lipinski definition) is 3. The summed E-state index contributed by atoms with van der Waals surface area (Å²) in [6.07, 6.45) is 4.85. The molecule has 1 aromatic carbocycles. The highest BCUT2D eigenvalue weighted by molar-refractivity contribution is 7.99. The summed E-state index contributed by atoms with van der Waals surface area (Å²) in [5.74, 6) is 1.85. The van der Waals surface area contributed by atoms with Crippen molar-refractivity contribution in [3.8, 4) is 0 Å². The molecular weight excluding hydrogens is 420 g/mol. The van der Waals surface area contributed by atoms with Crippen LogP contribution in [0.1, 0.15) is 35.7 Å². The molecule has 2 aliphatic rings. The number of nitrogens with two attached hydrogens (primary N) is 2. The van der Waals surface area contributed by atoms with Crippen LogP contribution >= 0.6 is 11.8 Å². The molecule has 0 bridgehead atoms. The first-order chi connectivity index (χ1) is 15.5. The molecule has 8 nitrogen and oxygen atoms in total. The number of piperidine rings is 1. The van der Waals surface area contributed by atoms with Gasteiger partial charge in [-0.1, -0.05) is 24.3 Å². The van der Waals surface area contributed by atoms with Crippen molar-refractivity contribution in [3.63, 3.8) is 0 Å².